The van der Waals surface area contributed by atoms with E-state index < -0.39 is 0 Å². The molecule has 4 heteroatoms. The molecule has 4 nitrogen and oxygen atoms in total. The number of rotatable bonds is 7. The van der Waals surface area contributed by atoms with Crippen LogP contribution in [0.1, 0.15) is 11.1 Å². The van der Waals surface area contributed by atoms with Crippen molar-refractivity contribution in [3.63, 3.8) is 0 Å². The number of aryl methyl sites for hydroxylation is 1. The van der Waals surface area contributed by atoms with Crippen molar-refractivity contribution in [2.75, 3.05) is 33.4 Å². The van der Waals surface area contributed by atoms with E-state index in [-0.39, 0.29) is 12.5 Å². The van der Waals surface area contributed by atoms with Crippen LogP contribution in [0.4, 0.5) is 0 Å². The molecule has 0 heterocycles. The van der Waals surface area contributed by atoms with Gasteiger partial charge in [0.2, 0.25) is 5.91 Å². The van der Waals surface area contributed by atoms with Gasteiger partial charge in [0.1, 0.15) is 0 Å². The third-order valence-corrected chi connectivity index (χ3v) is 2.76. The minimum Gasteiger partial charge on any atom is -0.395 e. The molecule has 0 aliphatic rings. The first-order valence-electron chi connectivity index (χ1n) is 6.10. The van der Waals surface area contributed by atoms with Crippen LogP contribution in [0.25, 0.3) is 0 Å². The van der Waals surface area contributed by atoms with E-state index in [1.807, 2.05) is 31.2 Å². The van der Waals surface area contributed by atoms with Crippen molar-refractivity contribution in [1.82, 2.24) is 4.90 Å². The molecular formula is C14H21NO3. The lowest BCUT2D eigenvalue weighted by atomic mass is 10.1. The first kappa shape index (κ1) is 14.7. The number of carbonyl (C=O) groups is 1. The summed E-state index contributed by atoms with van der Waals surface area (Å²) in [6.45, 7) is 3.35. The average Bonchev–Trinajstić information content (AvgIpc) is 2.37. The fraction of sp³-hybridized carbons (Fsp3) is 0.500. The molecule has 100 valence electrons. The summed E-state index contributed by atoms with van der Waals surface area (Å²) < 4.78 is 4.96. The normalized spacial score (nSPS) is 10.4. The Morgan fingerprint density at radius 2 is 1.94 bits per heavy atom. The number of benzene rings is 1. The second kappa shape index (κ2) is 7.84. The van der Waals surface area contributed by atoms with Crippen molar-refractivity contribution in [3.8, 4) is 0 Å². The Labute approximate surface area is 108 Å². The van der Waals surface area contributed by atoms with Crippen LogP contribution in [0.15, 0.2) is 24.3 Å². The predicted molar refractivity (Wildman–Crippen MR) is 70.4 cm³/mol. The van der Waals surface area contributed by atoms with Gasteiger partial charge in [0.05, 0.1) is 19.6 Å². The number of aliphatic hydroxyl groups excluding tert-OH is 1. The minimum atomic E-state index is -0.0245. The van der Waals surface area contributed by atoms with Gasteiger partial charge in [-0.2, -0.15) is 0 Å². The van der Waals surface area contributed by atoms with Crippen molar-refractivity contribution in [2.24, 2.45) is 0 Å². The van der Waals surface area contributed by atoms with Gasteiger partial charge in [-0.15, -0.1) is 0 Å². The van der Waals surface area contributed by atoms with Gasteiger partial charge in [-0.05, 0) is 12.5 Å². The van der Waals surface area contributed by atoms with E-state index in [1.165, 1.54) is 5.56 Å². The van der Waals surface area contributed by atoms with E-state index in [1.54, 1.807) is 12.0 Å². The van der Waals surface area contributed by atoms with Crippen LogP contribution in [-0.2, 0) is 16.0 Å². The average molecular weight is 251 g/mol. The summed E-state index contributed by atoms with van der Waals surface area (Å²) in [5, 5.41) is 8.95. The Kier molecular flexibility index (Phi) is 6.39. The fourth-order valence-corrected chi connectivity index (χ4v) is 1.68. The van der Waals surface area contributed by atoms with Gasteiger partial charge in [-0.25, -0.2) is 0 Å². The highest BCUT2D eigenvalue weighted by Crippen LogP contribution is 2.06. The Hall–Kier alpha value is -1.39. The van der Waals surface area contributed by atoms with E-state index in [0.29, 0.717) is 26.1 Å². The van der Waals surface area contributed by atoms with Crippen molar-refractivity contribution in [3.05, 3.63) is 35.4 Å². The van der Waals surface area contributed by atoms with E-state index in [9.17, 15) is 4.79 Å². The first-order valence-corrected chi connectivity index (χ1v) is 6.10. The molecule has 0 radical (unpaired) electrons. The molecule has 1 rings (SSSR count). The van der Waals surface area contributed by atoms with Crippen LogP contribution in [0.2, 0.25) is 0 Å². The molecular weight excluding hydrogens is 230 g/mol. The molecule has 0 aromatic heterocycles. The van der Waals surface area contributed by atoms with Gasteiger partial charge in [-0.1, -0.05) is 29.8 Å². The van der Waals surface area contributed by atoms with Gasteiger partial charge in [-0.3, -0.25) is 4.79 Å². The van der Waals surface area contributed by atoms with E-state index >= 15 is 0 Å². The number of hydrogen-bond donors (Lipinski definition) is 1. The predicted octanol–water partition coefficient (Wildman–Crippen LogP) is 1.00. The van der Waals surface area contributed by atoms with Crippen molar-refractivity contribution < 1.29 is 14.6 Å². The second-order valence-corrected chi connectivity index (χ2v) is 4.26. The maximum absolute atomic E-state index is 12.1. The van der Waals surface area contributed by atoms with E-state index in [2.05, 4.69) is 0 Å². The van der Waals surface area contributed by atoms with Crippen LogP contribution in [0.3, 0.4) is 0 Å². The number of methoxy groups -OCH3 is 1. The molecule has 0 bridgehead atoms. The molecule has 1 amide bonds. The van der Waals surface area contributed by atoms with Crippen LogP contribution in [0.5, 0.6) is 0 Å². The molecule has 1 aromatic carbocycles. The summed E-state index contributed by atoms with van der Waals surface area (Å²) in [5.41, 5.74) is 2.17. The SMILES string of the molecule is COCCN(CCO)C(=O)Cc1ccc(C)cc1. The summed E-state index contributed by atoms with van der Waals surface area (Å²) in [6.07, 6.45) is 0.365. The summed E-state index contributed by atoms with van der Waals surface area (Å²) in [5.74, 6) is 0.0185. The molecule has 0 saturated carbocycles. The summed E-state index contributed by atoms with van der Waals surface area (Å²) in [6, 6.07) is 7.91. The molecule has 0 spiro atoms. The van der Waals surface area contributed by atoms with E-state index in [4.69, 9.17) is 9.84 Å². The molecule has 0 aliphatic carbocycles. The van der Waals surface area contributed by atoms with Crippen molar-refractivity contribution >= 4 is 5.91 Å². The Balaban J connectivity index is 2.57. The van der Waals surface area contributed by atoms with Gasteiger partial charge >= 0.3 is 0 Å². The molecule has 0 fully saturated rings. The molecule has 0 aliphatic heterocycles. The standard InChI is InChI=1S/C14H21NO3/c1-12-3-5-13(6-4-12)11-14(17)15(7-9-16)8-10-18-2/h3-6,16H,7-11H2,1-2H3. The third kappa shape index (κ3) is 4.85. The smallest absolute Gasteiger partial charge is 0.227 e. The number of amides is 1. The zero-order valence-corrected chi connectivity index (χ0v) is 11.1. The molecule has 0 saturated heterocycles. The van der Waals surface area contributed by atoms with Crippen LogP contribution in [0, 0.1) is 6.92 Å². The van der Waals surface area contributed by atoms with Crippen LogP contribution >= 0.6 is 0 Å². The fourth-order valence-electron chi connectivity index (χ4n) is 1.68. The Bertz CT molecular complexity index is 362. The number of hydrogen-bond acceptors (Lipinski definition) is 3. The highest BCUT2D eigenvalue weighted by molar-refractivity contribution is 5.78. The maximum atomic E-state index is 12.1. The van der Waals surface area contributed by atoms with Crippen molar-refractivity contribution in [1.29, 1.82) is 0 Å². The number of aliphatic hydroxyl groups is 1. The largest absolute Gasteiger partial charge is 0.395 e. The summed E-state index contributed by atoms with van der Waals surface area (Å²) in [4.78, 5) is 13.7. The highest BCUT2D eigenvalue weighted by Gasteiger charge is 2.13. The number of nitrogens with zero attached hydrogens (tertiary/aromatic N) is 1. The Morgan fingerprint density at radius 1 is 1.28 bits per heavy atom. The summed E-state index contributed by atoms with van der Waals surface area (Å²) in [7, 11) is 1.60. The lowest BCUT2D eigenvalue weighted by Gasteiger charge is -2.21. The van der Waals surface area contributed by atoms with Gasteiger partial charge < -0.3 is 14.7 Å². The van der Waals surface area contributed by atoms with Gasteiger partial charge in [0.15, 0.2) is 0 Å². The van der Waals surface area contributed by atoms with E-state index in [0.717, 1.165) is 5.56 Å². The van der Waals surface area contributed by atoms with Crippen molar-refractivity contribution in [2.45, 2.75) is 13.3 Å². The van der Waals surface area contributed by atoms with Gasteiger partial charge in [0, 0.05) is 20.2 Å². The number of ether oxygens (including phenoxy) is 1. The molecule has 1 N–H and O–H groups in total. The zero-order chi connectivity index (χ0) is 13.4. The lowest BCUT2D eigenvalue weighted by molar-refractivity contribution is -0.131. The molecule has 18 heavy (non-hydrogen) atoms. The first-order chi connectivity index (χ1) is 8.67. The summed E-state index contributed by atoms with van der Waals surface area (Å²) >= 11 is 0. The third-order valence-electron chi connectivity index (χ3n) is 2.76. The topological polar surface area (TPSA) is 49.8 Å². The lowest BCUT2D eigenvalue weighted by Crippen LogP contribution is -2.37. The Morgan fingerprint density at radius 3 is 2.50 bits per heavy atom. The number of carbonyl (C=O) groups excluding carboxylic acids is 1. The van der Waals surface area contributed by atoms with Crippen LogP contribution < -0.4 is 0 Å². The van der Waals surface area contributed by atoms with Crippen LogP contribution in [-0.4, -0.2) is 49.3 Å². The highest BCUT2D eigenvalue weighted by atomic mass is 16.5. The molecule has 0 unspecified atom stereocenters. The minimum absolute atomic E-state index is 0.0185. The maximum Gasteiger partial charge on any atom is 0.227 e. The molecule has 1 aromatic rings. The monoisotopic (exact) mass is 251 g/mol. The zero-order valence-electron chi connectivity index (χ0n) is 11.1. The molecule has 0 atom stereocenters. The second-order valence-electron chi connectivity index (χ2n) is 4.26. The quantitative estimate of drug-likeness (QED) is 0.786. The van der Waals surface area contributed by atoms with Gasteiger partial charge in [0.25, 0.3) is 0 Å².